The Kier molecular flexibility index (Phi) is 29.9. The number of ketones is 3. The average molecular weight is 1830 g/mol. The topological polar surface area (TPSA) is 176 Å². The molecular weight excluding hydrogens is 1770 g/mol. The fourth-order valence-corrected chi connectivity index (χ4v) is 12.9. The summed E-state index contributed by atoms with van der Waals surface area (Å²) in [6.45, 7) is 5.98. The van der Waals surface area contributed by atoms with E-state index >= 15 is 17.6 Å². The van der Waals surface area contributed by atoms with Crippen LogP contribution in [0, 0.1) is 127 Å². The molecule has 15 aromatic carbocycles. The van der Waals surface area contributed by atoms with Gasteiger partial charge in [0.25, 0.3) is 0 Å². The van der Waals surface area contributed by atoms with Gasteiger partial charge in [-0.15, -0.1) is 24.8 Å². The van der Waals surface area contributed by atoms with E-state index in [0.717, 1.165) is 47.4 Å². The number of rotatable bonds is 24. The summed E-state index contributed by atoms with van der Waals surface area (Å²) in [5.41, 5.74) is 0.952. The first kappa shape index (κ1) is 95.3. The molecule has 0 aromatic heterocycles. The Balaban J connectivity index is 0.000000232. The summed E-state index contributed by atoms with van der Waals surface area (Å²) in [7, 11) is -1.47. The monoisotopic (exact) mass is 1830 g/mol. The summed E-state index contributed by atoms with van der Waals surface area (Å²) in [5.74, 6) is -35.5. The second kappa shape index (κ2) is 41.1. The minimum Gasteiger partial charge on any atom is -0.497 e. The fraction of sp³-hybridized carbons (Fsp3) is 0.0606. The van der Waals surface area contributed by atoms with Crippen LogP contribution in [0.15, 0.2) is 249 Å². The number of ether oxygens (including phenoxy) is 8. The zero-order valence-corrected chi connectivity index (χ0v) is 71.7. The third-order valence-electron chi connectivity index (χ3n) is 19.9. The van der Waals surface area contributed by atoms with Crippen LogP contribution in [0.4, 0.5) is 70.2 Å². The van der Waals surface area contributed by atoms with Crippen molar-refractivity contribution in [3.05, 3.63) is 398 Å². The van der Waals surface area contributed by atoms with E-state index in [1.54, 1.807) is 166 Å². The quantitative estimate of drug-likeness (QED) is 0.0184. The van der Waals surface area contributed by atoms with Crippen LogP contribution in [0.2, 0.25) is 0 Å². The fourth-order valence-electron chi connectivity index (χ4n) is 12.9. The molecule has 15 rings (SSSR count). The van der Waals surface area contributed by atoms with Crippen molar-refractivity contribution >= 4 is 28.0 Å². The zero-order valence-electron chi connectivity index (χ0n) is 68.8. The summed E-state index contributed by atoms with van der Waals surface area (Å²) < 4.78 is 302. The predicted octanol–water partition coefficient (Wildman–Crippen LogP) is 24.5. The van der Waals surface area contributed by atoms with Gasteiger partial charge < -0.3 is 42.7 Å². The summed E-state index contributed by atoms with van der Waals surface area (Å²) >= 11 is 0. The molecule has 0 aliphatic heterocycles. The van der Waals surface area contributed by atoms with Gasteiger partial charge in [-0.25, -0.2) is 43.9 Å². The van der Waals surface area contributed by atoms with Crippen molar-refractivity contribution in [2.24, 2.45) is 0 Å². The number of hydrogen-bond donors (Lipinski definition) is 0. The van der Waals surface area contributed by atoms with Gasteiger partial charge in [0, 0.05) is 28.0 Å². The van der Waals surface area contributed by atoms with E-state index in [-0.39, 0.29) is 52.6 Å². The van der Waals surface area contributed by atoms with Crippen molar-refractivity contribution < 1.29 is 165 Å². The molecule has 131 heavy (non-hydrogen) atoms. The van der Waals surface area contributed by atoms with E-state index in [1.807, 2.05) is 55.5 Å². The van der Waals surface area contributed by atoms with E-state index in [9.17, 15) is 67.1 Å². The van der Waals surface area contributed by atoms with E-state index in [0.29, 0.717) is 91.9 Å². The second-order valence-electron chi connectivity index (χ2n) is 28.2. The molecule has 0 atom stereocenters. The number of carbonyl (C=O) groups excluding carboxylic acids is 3. The number of benzene rings is 15. The van der Waals surface area contributed by atoms with Gasteiger partial charge in [-0.2, -0.15) is 38.5 Å². The van der Waals surface area contributed by atoms with E-state index in [4.69, 9.17) is 50.5 Å². The number of halogens is 16. The standard InChI is InChI=1S/C53H28F12O6.C46H31F4O5.Na.O3S/c1-23-34(68-30-15-7-26(8-16-30)28-11-19-32(20-12-28)70-52-47(62)41(56)36(25(3)66)42(57)48(52)63)5-4-6-35(23)69-31-17-9-27(10-18-31)29-13-21-33(22-14-29)71-53-49(64)45(60)38(46(61)50(53)65)51(67)37-43(58)39(54)24(2)40(55)44(37)59;1-27-26-34(14-25-40(27)54-38-19-8-31(9-20-38)29-4-15-35(52-3)16-5-29)45(51)33-12-23-37(24-13-33)53-36-17-6-30(7-18-36)32-10-21-39(22-11-32)55-46-43(49)41(47)28(2)42(48)44(46)50;;1-4(2)3/h4-22H,1-3H3;4-23,25-26H,1-3H3;;/q;-1;+1;. The summed E-state index contributed by atoms with van der Waals surface area (Å²) in [6, 6.07) is 71.7. The maximum atomic E-state index is 15.1. The third kappa shape index (κ3) is 21.2. The molecule has 0 saturated heterocycles. The van der Waals surface area contributed by atoms with Crippen LogP contribution in [0.1, 0.15) is 71.4 Å². The summed E-state index contributed by atoms with van der Waals surface area (Å²) in [6.07, 6.45) is 0. The molecular formula is C99H59F16NaO14S. The average Bonchev–Trinajstić information content (AvgIpc) is 0.755. The largest absolute Gasteiger partial charge is 1.00 e. The van der Waals surface area contributed by atoms with E-state index in [2.05, 4.69) is 6.07 Å². The van der Waals surface area contributed by atoms with Gasteiger partial charge in [-0.05, 0) is 212 Å². The Labute approximate surface area is 758 Å². The molecule has 0 bridgehead atoms. The molecule has 0 unspecified atom stereocenters. The number of carbonyl (C=O) groups is 3. The third-order valence-corrected chi connectivity index (χ3v) is 19.9. The molecule has 0 heterocycles. The summed E-state index contributed by atoms with van der Waals surface area (Å²) in [5, 5.41) is 0. The maximum absolute atomic E-state index is 15.1. The van der Waals surface area contributed by atoms with Crippen LogP contribution in [0.25, 0.3) is 44.5 Å². The van der Waals surface area contributed by atoms with Crippen LogP contribution < -0.4 is 67.5 Å². The molecule has 15 aromatic rings. The van der Waals surface area contributed by atoms with E-state index in [1.165, 1.54) is 48.5 Å². The Bertz CT molecular complexity index is 6890. The number of hydrogen-bond acceptors (Lipinski definition) is 14. The van der Waals surface area contributed by atoms with Crippen LogP contribution in [-0.2, 0) is 10.6 Å². The van der Waals surface area contributed by atoms with Gasteiger partial charge in [0.15, 0.2) is 64.0 Å². The van der Waals surface area contributed by atoms with Gasteiger partial charge in [-0.1, -0.05) is 109 Å². The Morgan fingerprint density at radius 2 is 0.534 bits per heavy atom. The van der Waals surface area contributed by atoms with E-state index < -0.39 is 160 Å². The number of Topliss-reactive ketones (excluding diaryl/α,β-unsaturated/α-hetero) is 1. The molecule has 658 valence electrons. The Hall–Kier alpha value is -14.8. The zero-order chi connectivity index (χ0) is 93.4. The van der Waals surface area contributed by atoms with Gasteiger partial charge in [0.1, 0.15) is 80.2 Å². The first-order valence-electron chi connectivity index (χ1n) is 38.1. The Morgan fingerprint density at radius 3 is 0.824 bits per heavy atom. The smallest absolute Gasteiger partial charge is 0.497 e. The molecule has 0 radical (unpaired) electrons. The molecule has 0 aliphatic carbocycles. The first-order valence-corrected chi connectivity index (χ1v) is 39.1. The van der Waals surface area contributed by atoms with Crippen molar-refractivity contribution in [2.75, 3.05) is 7.11 Å². The van der Waals surface area contributed by atoms with Crippen molar-refractivity contribution in [2.45, 2.75) is 34.6 Å². The molecule has 0 N–H and O–H groups in total. The molecule has 0 saturated carbocycles. The minimum absolute atomic E-state index is 0. The van der Waals surface area contributed by atoms with Crippen LogP contribution in [-0.4, -0.2) is 37.1 Å². The van der Waals surface area contributed by atoms with Crippen molar-refractivity contribution in [1.82, 2.24) is 0 Å². The minimum atomic E-state index is -3.11. The van der Waals surface area contributed by atoms with Gasteiger partial charge in [-0.3, -0.25) is 9.59 Å². The van der Waals surface area contributed by atoms with Crippen molar-refractivity contribution in [3.8, 4) is 131 Å². The molecule has 0 aliphatic rings. The van der Waals surface area contributed by atoms with Crippen LogP contribution >= 0.6 is 0 Å². The van der Waals surface area contributed by atoms with Crippen LogP contribution in [0.3, 0.4) is 0 Å². The Morgan fingerprint density at radius 1 is 0.275 bits per heavy atom. The van der Waals surface area contributed by atoms with Crippen LogP contribution in [0.5, 0.6) is 86.2 Å². The van der Waals surface area contributed by atoms with Crippen molar-refractivity contribution in [3.63, 3.8) is 0 Å². The normalized spacial score (nSPS) is 10.8. The number of aryl methyl sites for hydroxylation is 1. The van der Waals surface area contributed by atoms with Gasteiger partial charge in [0.2, 0.25) is 57.9 Å². The molecule has 0 amide bonds. The maximum Gasteiger partial charge on any atom is 1.00 e. The molecule has 14 nitrogen and oxygen atoms in total. The second-order valence-corrected chi connectivity index (χ2v) is 28.6. The van der Waals surface area contributed by atoms with Gasteiger partial charge in [0.05, 0.1) is 12.7 Å². The number of methoxy groups -OCH3 is 1. The van der Waals surface area contributed by atoms with Gasteiger partial charge >= 0.3 is 40.2 Å². The van der Waals surface area contributed by atoms with Crippen molar-refractivity contribution in [1.29, 1.82) is 0 Å². The summed E-state index contributed by atoms with van der Waals surface area (Å²) in [4.78, 5) is 37.5. The predicted molar refractivity (Wildman–Crippen MR) is 443 cm³/mol. The molecule has 0 spiro atoms. The SMILES string of the molecule is CC(=O)c1c(F)c(F)c(Oc2ccc(-c3ccc(Oc4cccc(Oc5ccc(-c6ccc(Oc7c(F)c(F)c(C(=O)c8c(F)c(F)c(C)c(F)c8F)c(F)c7F)cc6)cc5)c4C)cc3)cc2)c(F)c1F.COc1ccc(-c2ccc(Oc3ccc(C(=O)c4c[c-]c(Oc5ccc(-c6ccc(Oc7c(F)c(F)c(C)c(F)c7F)cc6)cc5)cc4)cc3C)cc2)cc1.O=S(=O)=O.[Na+]. The molecule has 0 fully saturated rings. The molecule has 32 heteroatoms. The first-order chi connectivity index (χ1) is 62.1.